The van der Waals surface area contributed by atoms with Crippen LogP contribution in [0.25, 0.3) is 0 Å². The Bertz CT molecular complexity index is 572. The summed E-state index contributed by atoms with van der Waals surface area (Å²) in [6, 6.07) is 0. The highest BCUT2D eigenvalue weighted by molar-refractivity contribution is 5.78. The Kier molecular flexibility index (Phi) is 5.39. The molecule has 0 N–H and O–H groups in total. The zero-order valence-corrected chi connectivity index (χ0v) is 15.4. The summed E-state index contributed by atoms with van der Waals surface area (Å²) in [5.41, 5.74) is 0. The number of imidazole rings is 1. The topological polar surface area (TPSA) is 41.4 Å². The van der Waals surface area contributed by atoms with Gasteiger partial charge in [0.1, 0.15) is 5.82 Å². The fraction of sp³-hybridized carbons (Fsp3) is 0.800. The summed E-state index contributed by atoms with van der Waals surface area (Å²) in [5.74, 6) is 2.94. The van der Waals surface area contributed by atoms with E-state index in [1.807, 2.05) is 6.20 Å². The summed E-state index contributed by atoms with van der Waals surface area (Å²) >= 11 is 0. The maximum atomic E-state index is 12.7. The minimum Gasteiger partial charge on any atom is -0.342 e. The Balaban J connectivity index is 1.34. The van der Waals surface area contributed by atoms with Gasteiger partial charge in [-0.2, -0.15) is 0 Å². The third-order valence-corrected chi connectivity index (χ3v) is 6.09. The lowest BCUT2D eigenvalue weighted by molar-refractivity contribution is -0.132. The number of hydrogen-bond donors (Lipinski definition) is 0. The molecule has 1 amide bonds. The van der Waals surface area contributed by atoms with Gasteiger partial charge in [0.2, 0.25) is 5.91 Å². The van der Waals surface area contributed by atoms with Crippen LogP contribution in [-0.4, -0.2) is 58.0 Å². The van der Waals surface area contributed by atoms with Crippen molar-refractivity contribution >= 4 is 5.91 Å². The molecule has 4 rings (SSSR count). The van der Waals surface area contributed by atoms with E-state index in [-0.39, 0.29) is 0 Å². The Morgan fingerprint density at radius 2 is 1.84 bits per heavy atom. The second-order valence-electron chi connectivity index (χ2n) is 8.25. The molecule has 0 spiro atoms. The molecule has 1 unspecified atom stereocenters. The molecule has 2 saturated heterocycles. The van der Waals surface area contributed by atoms with Gasteiger partial charge in [0, 0.05) is 44.5 Å². The highest BCUT2D eigenvalue weighted by atomic mass is 16.2. The van der Waals surface area contributed by atoms with E-state index in [0.29, 0.717) is 18.4 Å². The third-order valence-electron chi connectivity index (χ3n) is 6.09. The lowest BCUT2D eigenvalue weighted by atomic mass is 9.97. The zero-order chi connectivity index (χ0) is 17.1. The zero-order valence-electron chi connectivity index (χ0n) is 15.4. The number of likely N-dealkylation sites (tertiary alicyclic amines) is 2. The molecule has 138 valence electrons. The number of aromatic nitrogens is 2. The molecular weight excluding hydrogens is 312 g/mol. The van der Waals surface area contributed by atoms with Gasteiger partial charge in [-0.3, -0.25) is 9.69 Å². The van der Waals surface area contributed by atoms with Crippen LogP contribution in [0.15, 0.2) is 12.4 Å². The largest absolute Gasteiger partial charge is 0.342 e. The first-order valence-electron chi connectivity index (χ1n) is 10.3. The summed E-state index contributed by atoms with van der Waals surface area (Å²) in [7, 11) is 0. The summed E-state index contributed by atoms with van der Waals surface area (Å²) in [4.78, 5) is 21.8. The molecule has 0 aromatic carbocycles. The minimum atomic E-state index is 0.337. The van der Waals surface area contributed by atoms with Crippen molar-refractivity contribution in [2.24, 2.45) is 5.92 Å². The molecule has 3 heterocycles. The van der Waals surface area contributed by atoms with Crippen LogP contribution in [0.5, 0.6) is 0 Å². The lowest BCUT2D eigenvalue weighted by Crippen LogP contribution is -2.44. The maximum Gasteiger partial charge on any atom is 0.236 e. The van der Waals surface area contributed by atoms with Crippen LogP contribution in [0, 0.1) is 5.92 Å². The highest BCUT2D eigenvalue weighted by Crippen LogP contribution is 2.33. The number of rotatable bonds is 5. The van der Waals surface area contributed by atoms with Gasteiger partial charge >= 0.3 is 0 Å². The van der Waals surface area contributed by atoms with Gasteiger partial charge in [-0.05, 0) is 51.0 Å². The van der Waals surface area contributed by atoms with E-state index in [2.05, 4.69) is 25.5 Å². The predicted molar refractivity (Wildman–Crippen MR) is 98.4 cm³/mol. The van der Waals surface area contributed by atoms with Crippen LogP contribution in [0.2, 0.25) is 0 Å². The number of amides is 1. The van der Waals surface area contributed by atoms with Gasteiger partial charge in [-0.1, -0.05) is 12.8 Å². The van der Waals surface area contributed by atoms with Gasteiger partial charge in [0.05, 0.1) is 6.54 Å². The normalized spacial score (nSPS) is 25.8. The van der Waals surface area contributed by atoms with Crippen LogP contribution in [0.3, 0.4) is 0 Å². The van der Waals surface area contributed by atoms with Crippen molar-refractivity contribution in [2.45, 2.75) is 63.8 Å². The first-order chi connectivity index (χ1) is 12.3. The van der Waals surface area contributed by atoms with Gasteiger partial charge < -0.3 is 9.47 Å². The van der Waals surface area contributed by atoms with Crippen molar-refractivity contribution in [2.75, 3.05) is 32.7 Å². The highest BCUT2D eigenvalue weighted by Gasteiger charge is 2.29. The van der Waals surface area contributed by atoms with Crippen LogP contribution >= 0.6 is 0 Å². The molecule has 1 aromatic heterocycles. The second kappa shape index (κ2) is 7.90. The Morgan fingerprint density at radius 3 is 2.60 bits per heavy atom. The monoisotopic (exact) mass is 344 g/mol. The average Bonchev–Trinajstić information content (AvgIpc) is 3.37. The smallest absolute Gasteiger partial charge is 0.236 e. The molecular formula is C20H32N4O. The quantitative estimate of drug-likeness (QED) is 0.825. The fourth-order valence-electron chi connectivity index (χ4n) is 4.43. The van der Waals surface area contributed by atoms with Crippen LogP contribution in [-0.2, 0) is 11.3 Å². The second-order valence-corrected chi connectivity index (χ2v) is 8.25. The van der Waals surface area contributed by atoms with Crippen molar-refractivity contribution < 1.29 is 4.79 Å². The lowest BCUT2D eigenvalue weighted by Gasteiger charge is -2.33. The minimum absolute atomic E-state index is 0.337. The summed E-state index contributed by atoms with van der Waals surface area (Å²) < 4.78 is 2.38. The first kappa shape index (κ1) is 17.1. The van der Waals surface area contributed by atoms with Gasteiger partial charge in [-0.25, -0.2) is 4.98 Å². The van der Waals surface area contributed by atoms with Gasteiger partial charge in [0.25, 0.3) is 0 Å². The Hall–Kier alpha value is -1.36. The molecule has 0 bridgehead atoms. The molecule has 5 heteroatoms. The van der Waals surface area contributed by atoms with Crippen molar-refractivity contribution in [3.05, 3.63) is 18.2 Å². The summed E-state index contributed by atoms with van der Waals surface area (Å²) in [6.45, 7) is 5.70. The molecule has 0 radical (unpaired) electrons. The molecule has 2 aliphatic heterocycles. The van der Waals surface area contributed by atoms with E-state index < -0.39 is 0 Å². The van der Waals surface area contributed by atoms with E-state index >= 15 is 0 Å². The van der Waals surface area contributed by atoms with Crippen molar-refractivity contribution in [3.63, 3.8) is 0 Å². The number of carbonyl (C=O) groups excluding carboxylic acids is 1. The number of carbonyl (C=O) groups is 1. The fourth-order valence-corrected chi connectivity index (χ4v) is 4.43. The van der Waals surface area contributed by atoms with E-state index in [0.717, 1.165) is 38.6 Å². The summed E-state index contributed by atoms with van der Waals surface area (Å²) in [5, 5.41) is 0. The molecule has 25 heavy (non-hydrogen) atoms. The van der Waals surface area contributed by atoms with Gasteiger partial charge in [0.15, 0.2) is 0 Å². The number of nitrogens with zero attached hydrogens (tertiary/aromatic N) is 4. The summed E-state index contributed by atoms with van der Waals surface area (Å²) in [6.07, 6.45) is 14.1. The average molecular weight is 345 g/mol. The predicted octanol–water partition coefficient (Wildman–Crippen LogP) is 2.88. The van der Waals surface area contributed by atoms with E-state index in [9.17, 15) is 4.79 Å². The van der Waals surface area contributed by atoms with E-state index in [4.69, 9.17) is 0 Å². The molecule has 3 fully saturated rings. The number of piperidine rings is 1. The molecule has 1 aliphatic carbocycles. The third kappa shape index (κ3) is 4.43. The molecule has 3 aliphatic rings. The molecule has 1 saturated carbocycles. The first-order valence-corrected chi connectivity index (χ1v) is 10.3. The van der Waals surface area contributed by atoms with Crippen LogP contribution in [0.4, 0.5) is 0 Å². The van der Waals surface area contributed by atoms with Gasteiger partial charge in [-0.15, -0.1) is 0 Å². The molecule has 1 aromatic rings. The standard InChI is InChI=1S/C20H32N4O/c25-19(23-11-3-1-2-4-12-23)16-22-10-5-6-18(15-22)20-21-9-13-24(20)14-17-7-8-17/h9,13,17-18H,1-8,10-12,14-16H2. The molecule has 1 atom stereocenters. The molecule has 5 nitrogen and oxygen atoms in total. The van der Waals surface area contributed by atoms with E-state index in [1.165, 1.54) is 57.2 Å². The van der Waals surface area contributed by atoms with Crippen molar-refractivity contribution in [1.82, 2.24) is 19.4 Å². The van der Waals surface area contributed by atoms with E-state index in [1.54, 1.807) is 0 Å². The van der Waals surface area contributed by atoms with Crippen molar-refractivity contribution in [1.29, 1.82) is 0 Å². The SMILES string of the molecule is O=C(CN1CCCC(c2nccn2CC2CC2)C1)N1CCCCCC1. The van der Waals surface area contributed by atoms with Crippen LogP contribution < -0.4 is 0 Å². The number of hydrogen-bond acceptors (Lipinski definition) is 3. The maximum absolute atomic E-state index is 12.7. The Labute approximate surface area is 151 Å². The van der Waals surface area contributed by atoms with Crippen LogP contribution in [0.1, 0.15) is 63.1 Å². The van der Waals surface area contributed by atoms with Crippen molar-refractivity contribution in [3.8, 4) is 0 Å². The Morgan fingerprint density at radius 1 is 1.04 bits per heavy atom.